The van der Waals surface area contributed by atoms with E-state index < -0.39 is 30.1 Å². The third-order valence-electron chi connectivity index (χ3n) is 8.44. The fraction of sp³-hybridized carbons (Fsp3) is 0.433. The van der Waals surface area contributed by atoms with E-state index in [1.807, 2.05) is 29.2 Å². The van der Waals surface area contributed by atoms with Gasteiger partial charge < -0.3 is 39.4 Å². The number of amides is 3. The first-order chi connectivity index (χ1) is 19.8. The van der Waals surface area contributed by atoms with E-state index in [4.69, 9.17) is 14.2 Å². The highest BCUT2D eigenvalue weighted by molar-refractivity contribution is 5.98. The Hall–Kier alpha value is -4.25. The number of carbonyl (C=O) groups excluding carboxylic acids is 3. The van der Waals surface area contributed by atoms with Gasteiger partial charge in [-0.3, -0.25) is 9.59 Å². The molecule has 3 aliphatic heterocycles. The molecule has 4 heterocycles. The molecule has 11 nitrogen and oxygen atoms in total. The van der Waals surface area contributed by atoms with Crippen LogP contribution >= 0.6 is 0 Å². The van der Waals surface area contributed by atoms with E-state index in [2.05, 4.69) is 22.4 Å². The van der Waals surface area contributed by atoms with Crippen molar-refractivity contribution >= 4 is 28.8 Å². The summed E-state index contributed by atoms with van der Waals surface area (Å²) in [7, 11) is 1.59. The molecule has 0 unspecified atom stereocenters. The summed E-state index contributed by atoms with van der Waals surface area (Å²) in [5, 5.41) is 14.3. The number of aromatic amines is 1. The third kappa shape index (κ3) is 4.63. The van der Waals surface area contributed by atoms with Crippen LogP contribution in [0, 0.1) is 5.92 Å². The standard InChI is InChI=1S/C30H34N4O7/c1-4-39-25(36)14-31-30(38)33(3)21-13-22-28-20(10-11-34(22)29(37)26(21)16(2)35)19-7-5-6-18(27(19)32-28)17-8-9-23-24(12-17)41-15-40-23/h5-9,12,16,21-22,26,32,35H,4,10-11,13-15H2,1-3H3,(H,31,38)/t16-,21-,22-,26-/m0/s1. The van der Waals surface area contributed by atoms with Gasteiger partial charge in [-0.2, -0.15) is 0 Å². The largest absolute Gasteiger partial charge is 0.465 e. The molecule has 3 amide bonds. The Labute approximate surface area is 237 Å². The topological polar surface area (TPSA) is 133 Å². The van der Waals surface area contributed by atoms with Crippen LogP contribution in [0.3, 0.4) is 0 Å². The minimum Gasteiger partial charge on any atom is -0.465 e. The molecule has 3 aliphatic rings. The highest BCUT2D eigenvalue weighted by Crippen LogP contribution is 2.45. The first-order valence-corrected chi connectivity index (χ1v) is 14.0. The Morgan fingerprint density at radius 3 is 2.83 bits per heavy atom. The zero-order chi connectivity index (χ0) is 28.8. The number of benzene rings is 2. The Kier molecular flexibility index (Phi) is 6.98. The van der Waals surface area contributed by atoms with Crippen LogP contribution in [0.1, 0.15) is 37.6 Å². The van der Waals surface area contributed by atoms with E-state index in [0.717, 1.165) is 39.0 Å². The summed E-state index contributed by atoms with van der Waals surface area (Å²) in [6, 6.07) is 10.7. The zero-order valence-corrected chi connectivity index (χ0v) is 23.3. The maximum absolute atomic E-state index is 13.8. The second-order valence-corrected chi connectivity index (χ2v) is 10.8. The van der Waals surface area contributed by atoms with Gasteiger partial charge in [0.15, 0.2) is 11.5 Å². The highest BCUT2D eigenvalue weighted by atomic mass is 16.7. The number of aliphatic hydroxyl groups is 1. The number of aliphatic hydroxyl groups excluding tert-OH is 1. The first-order valence-electron chi connectivity index (χ1n) is 14.0. The maximum atomic E-state index is 13.8. The molecule has 1 saturated heterocycles. The van der Waals surface area contributed by atoms with Gasteiger partial charge in [0.2, 0.25) is 12.7 Å². The third-order valence-corrected chi connectivity index (χ3v) is 8.44. The lowest BCUT2D eigenvalue weighted by Crippen LogP contribution is -2.60. The molecule has 41 heavy (non-hydrogen) atoms. The predicted octanol–water partition coefficient (Wildman–Crippen LogP) is 2.96. The van der Waals surface area contributed by atoms with Crippen molar-refractivity contribution in [1.29, 1.82) is 0 Å². The van der Waals surface area contributed by atoms with E-state index in [0.29, 0.717) is 25.1 Å². The van der Waals surface area contributed by atoms with Gasteiger partial charge in [-0.25, -0.2) is 4.79 Å². The van der Waals surface area contributed by atoms with E-state index in [1.165, 1.54) is 4.90 Å². The number of para-hydroxylation sites is 1. The molecule has 3 aromatic rings. The lowest BCUT2D eigenvalue weighted by atomic mass is 9.79. The number of piperidine rings is 1. The van der Waals surface area contributed by atoms with Crippen molar-refractivity contribution in [2.24, 2.45) is 5.92 Å². The molecule has 0 spiro atoms. The Balaban J connectivity index is 1.34. The molecule has 3 N–H and O–H groups in total. The number of nitrogens with one attached hydrogen (secondary N) is 2. The summed E-state index contributed by atoms with van der Waals surface area (Å²) in [6.07, 6.45) is 0.148. The smallest absolute Gasteiger partial charge is 0.325 e. The number of ether oxygens (including phenoxy) is 3. The van der Waals surface area contributed by atoms with Crippen molar-refractivity contribution in [3.05, 3.63) is 47.7 Å². The summed E-state index contributed by atoms with van der Waals surface area (Å²) in [4.78, 5) is 45.5. The lowest BCUT2D eigenvalue weighted by Gasteiger charge is -2.48. The first kappa shape index (κ1) is 26.9. The average Bonchev–Trinajstić information content (AvgIpc) is 3.59. The van der Waals surface area contributed by atoms with Crippen LogP contribution in [0.15, 0.2) is 36.4 Å². The minimum atomic E-state index is -0.963. The molecule has 6 rings (SSSR count). The molecule has 11 heteroatoms. The molecule has 0 radical (unpaired) electrons. The molecule has 0 aliphatic carbocycles. The monoisotopic (exact) mass is 562 g/mol. The SMILES string of the molecule is CCOC(=O)CNC(=O)N(C)[C@H]1C[C@H]2c3[nH]c4c(-c5ccc6c(c5)OCO6)cccc4c3CCN2C(=O)[C@H]1[C@H](C)O. The fourth-order valence-electron chi connectivity index (χ4n) is 6.50. The zero-order valence-electron chi connectivity index (χ0n) is 23.3. The number of carbonyl (C=O) groups is 3. The summed E-state index contributed by atoms with van der Waals surface area (Å²) in [6.45, 7) is 3.94. The van der Waals surface area contributed by atoms with Gasteiger partial charge in [-0.05, 0) is 49.9 Å². The van der Waals surface area contributed by atoms with Crippen LogP contribution in [-0.2, 0) is 20.7 Å². The van der Waals surface area contributed by atoms with Crippen LogP contribution in [-0.4, -0.2) is 83.5 Å². The van der Waals surface area contributed by atoms with Gasteiger partial charge in [-0.15, -0.1) is 0 Å². The number of esters is 1. The van der Waals surface area contributed by atoms with E-state index in [9.17, 15) is 19.5 Å². The predicted molar refractivity (Wildman–Crippen MR) is 149 cm³/mol. The van der Waals surface area contributed by atoms with Crippen molar-refractivity contribution in [3.8, 4) is 22.6 Å². The minimum absolute atomic E-state index is 0.188. The molecule has 1 aromatic heterocycles. The number of rotatable bonds is 6. The van der Waals surface area contributed by atoms with E-state index >= 15 is 0 Å². The summed E-state index contributed by atoms with van der Waals surface area (Å²) in [5.41, 5.74) is 5.07. The number of nitrogens with zero attached hydrogens (tertiary/aromatic N) is 2. The Morgan fingerprint density at radius 2 is 2.05 bits per heavy atom. The molecular formula is C30H34N4O7. The second kappa shape index (κ2) is 10.6. The van der Waals surface area contributed by atoms with Crippen molar-refractivity contribution in [2.75, 3.05) is 33.5 Å². The van der Waals surface area contributed by atoms with Gasteiger partial charge in [0.25, 0.3) is 0 Å². The Morgan fingerprint density at radius 1 is 1.24 bits per heavy atom. The van der Waals surface area contributed by atoms with Crippen LogP contribution < -0.4 is 14.8 Å². The molecule has 4 atom stereocenters. The normalized spacial score (nSPS) is 21.7. The fourth-order valence-corrected chi connectivity index (χ4v) is 6.50. The lowest BCUT2D eigenvalue weighted by molar-refractivity contribution is -0.151. The molecule has 2 aromatic carbocycles. The van der Waals surface area contributed by atoms with Crippen molar-refractivity contribution in [3.63, 3.8) is 0 Å². The van der Waals surface area contributed by atoms with Crippen LogP contribution in [0.4, 0.5) is 4.79 Å². The summed E-state index contributed by atoms with van der Waals surface area (Å²) < 4.78 is 16.0. The van der Waals surface area contributed by atoms with Gasteiger partial charge in [0, 0.05) is 36.3 Å². The van der Waals surface area contributed by atoms with Crippen molar-refractivity contribution < 1.29 is 33.7 Å². The van der Waals surface area contributed by atoms with Crippen LogP contribution in [0.5, 0.6) is 11.5 Å². The van der Waals surface area contributed by atoms with Crippen LogP contribution in [0.2, 0.25) is 0 Å². The number of H-pyrrole nitrogens is 1. The quantitative estimate of drug-likeness (QED) is 0.394. The summed E-state index contributed by atoms with van der Waals surface area (Å²) >= 11 is 0. The van der Waals surface area contributed by atoms with Gasteiger partial charge in [-0.1, -0.05) is 24.3 Å². The molecule has 0 saturated carbocycles. The number of urea groups is 1. The van der Waals surface area contributed by atoms with Crippen molar-refractivity contribution in [1.82, 2.24) is 20.1 Å². The van der Waals surface area contributed by atoms with Gasteiger partial charge in [0.1, 0.15) is 6.54 Å². The Bertz CT molecular complexity index is 1520. The molecular weight excluding hydrogens is 528 g/mol. The van der Waals surface area contributed by atoms with Gasteiger partial charge >= 0.3 is 12.0 Å². The number of hydrogen-bond acceptors (Lipinski definition) is 7. The number of hydrogen-bond donors (Lipinski definition) is 3. The second-order valence-electron chi connectivity index (χ2n) is 10.8. The van der Waals surface area contributed by atoms with E-state index in [-0.39, 0.29) is 31.9 Å². The summed E-state index contributed by atoms with van der Waals surface area (Å²) in [5.74, 6) is -0.0971. The number of aromatic nitrogens is 1. The van der Waals surface area contributed by atoms with Gasteiger partial charge in [0.05, 0.1) is 30.2 Å². The molecule has 1 fully saturated rings. The molecule has 0 bridgehead atoms. The number of fused-ring (bicyclic) bond motifs is 6. The van der Waals surface area contributed by atoms with Crippen LogP contribution in [0.25, 0.3) is 22.0 Å². The maximum Gasteiger partial charge on any atom is 0.325 e. The molecule has 216 valence electrons. The van der Waals surface area contributed by atoms with Crippen molar-refractivity contribution in [2.45, 2.75) is 44.9 Å². The highest BCUT2D eigenvalue weighted by Gasteiger charge is 2.49. The average molecular weight is 563 g/mol. The van der Waals surface area contributed by atoms with E-state index in [1.54, 1.807) is 20.9 Å².